The molecule has 1 aliphatic heterocycles. The van der Waals surface area contributed by atoms with E-state index in [4.69, 9.17) is 4.74 Å². The maximum absolute atomic E-state index is 12.2. The molecule has 2 aromatic rings. The minimum atomic E-state index is -0.522. The van der Waals surface area contributed by atoms with E-state index in [2.05, 4.69) is 16.2 Å². The molecule has 0 bridgehead atoms. The van der Waals surface area contributed by atoms with Crippen LogP contribution in [0.1, 0.15) is 50.8 Å². The highest BCUT2D eigenvalue weighted by Crippen LogP contribution is 2.30. The van der Waals surface area contributed by atoms with Crippen LogP contribution in [0.2, 0.25) is 0 Å². The second-order valence-corrected chi connectivity index (χ2v) is 7.20. The number of H-pyrrole nitrogens is 1. The summed E-state index contributed by atoms with van der Waals surface area (Å²) in [6.07, 6.45) is 2.47. The molecule has 0 aliphatic carbocycles. The molecule has 1 N–H and O–H groups in total. The molecule has 0 unspecified atom stereocenters. The number of nitrogens with zero attached hydrogens (tertiary/aromatic N) is 4. The second kappa shape index (κ2) is 6.24. The van der Waals surface area contributed by atoms with Crippen LogP contribution < -0.4 is 5.56 Å². The highest BCUT2D eigenvalue weighted by atomic mass is 16.6. The minimum absolute atomic E-state index is 0.0643. The predicted molar refractivity (Wildman–Crippen MR) is 90.3 cm³/mol. The van der Waals surface area contributed by atoms with Gasteiger partial charge in [0, 0.05) is 31.3 Å². The van der Waals surface area contributed by atoms with Crippen molar-refractivity contribution in [2.45, 2.75) is 45.1 Å². The van der Waals surface area contributed by atoms with Crippen molar-refractivity contribution in [1.82, 2.24) is 19.5 Å². The Kier molecular flexibility index (Phi) is 4.25. The standard InChI is InChI=1S/C17H21N5O3/c1-17(2,3)25-16(24)21-8-5-11(6-9-21)14-12(10-18)15-19-7-4-13(23)22(15)20-14/h4,7,11,20H,5-6,8-9H2,1-3H3. The van der Waals surface area contributed by atoms with E-state index in [-0.39, 0.29) is 17.6 Å². The molecule has 2 aromatic heterocycles. The Balaban J connectivity index is 1.79. The van der Waals surface area contributed by atoms with Crippen LogP contribution in [0.15, 0.2) is 17.1 Å². The molecule has 1 fully saturated rings. The molecule has 0 aromatic carbocycles. The fourth-order valence-corrected chi connectivity index (χ4v) is 3.07. The van der Waals surface area contributed by atoms with Gasteiger partial charge in [-0.05, 0) is 33.6 Å². The van der Waals surface area contributed by atoms with Crippen molar-refractivity contribution >= 4 is 11.7 Å². The summed E-state index contributed by atoms with van der Waals surface area (Å²) in [6, 6.07) is 3.50. The van der Waals surface area contributed by atoms with Crippen LogP contribution in [0.3, 0.4) is 0 Å². The lowest BCUT2D eigenvalue weighted by Gasteiger charge is -2.33. The Morgan fingerprint density at radius 1 is 1.40 bits per heavy atom. The molecule has 0 atom stereocenters. The Morgan fingerprint density at radius 2 is 2.08 bits per heavy atom. The number of amides is 1. The molecule has 1 aliphatic rings. The highest BCUT2D eigenvalue weighted by Gasteiger charge is 2.30. The number of hydrogen-bond acceptors (Lipinski definition) is 5. The maximum atomic E-state index is 12.2. The molecule has 1 saturated heterocycles. The first-order valence-electron chi connectivity index (χ1n) is 8.28. The smallest absolute Gasteiger partial charge is 0.410 e. The number of carbonyl (C=O) groups is 1. The van der Waals surface area contributed by atoms with Crippen LogP contribution in [-0.4, -0.2) is 44.3 Å². The molecular formula is C17H21N5O3. The van der Waals surface area contributed by atoms with Gasteiger partial charge in [-0.3, -0.25) is 9.89 Å². The van der Waals surface area contributed by atoms with Crippen molar-refractivity contribution in [3.05, 3.63) is 33.9 Å². The zero-order chi connectivity index (χ0) is 18.2. The van der Waals surface area contributed by atoms with E-state index in [0.717, 1.165) is 0 Å². The van der Waals surface area contributed by atoms with Crippen LogP contribution in [0.4, 0.5) is 4.79 Å². The van der Waals surface area contributed by atoms with E-state index < -0.39 is 5.60 Å². The van der Waals surface area contributed by atoms with Crippen LogP contribution >= 0.6 is 0 Å². The van der Waals surface area contributed by atoms with E-state index in [1.165, 1.54) is 16.8 Å². The van der Waals surface area contributed by atoms with Gasteiger partial charge in [0.15, 0.2) is 5.65 Å². The number of rotatable bonds is 1. The number of ether oxygens (including phenoxy) is 1. The number of aromatic amines is 1. The van der Waals surface area contributed by atoms with Crippen molar-refractivity contribution in [2.75, 3.05) is 13.1 Å². The number of fused-ring (bicyclic) bond motifs is 1. The normalized spacial score (nSPS) is 16.0. The summed E-state index contributed by atoms with van der Waals surface area (Å²) in [7, 11) is 0. The van der Waals surface area contributed by atoms with E-state index in [0.29, 0.717) is 42.8 Å². The predicted octanol–water partition coefficient (Wildman–Crippen LogP) is 2.01. The van der Waals surface area contributed by atoms with E-state index in [9.17, 15) is 14.9 Å². The Bertz CT molecular complexity index is 892. The van der Waals surface area contributed by atoms with E-state index in [1.807, 2.05) is 20.8 Å². The summed E-state index contributed by atoms with van der Waals surface area (Å²) in [5.41, 5.74) is 0.681. The maximum Gasteiger partial charge on any atom is 0.410 e. The highest BCUT2D eigenvalue weighted by molar-refractivity contribution is 5.68. The van der Waals surface area contributed by atoms with Crippen molar-refractivity contribution in [2.24, 2.45) is 0 Å². The quantitative estimate of drug-likeness (QED) is 0.853. The van der Waals surface area contributed by atoms with Crippen LogP contribution in [0.25, 0.3) is 5.65 Å². The number of piperidine rings is 1. The van der Waals surface area contributed by atoms with Crippen molar-refractivity contribution < 1.29 is 9.53 Å². The summed E-state index contributed by atoms with van der Waals surface area (Å²) in [5.74, 6) is 0.0643. The van der Waals surface area contributed by atoms with Gasteiger partial charge >= 0.3 is 6.09 Å². The first-order valence-corrected chi connectivity index (χ1v) is 8.28. The molecule has 0 saturated carbocycles. The van der Waals surface area contributed by atoms with Crippen molar-refractivity contribution in [1.29, 1.82) is 5.26 Å². The third kappa shape index (κ3) is 3.36. The summed E-state index contributed by atoms with van der Waals surface area (Å²) >= 11 is 0. The Morgan fingerprint density at radius 3 is 2.68 bits per heavy atom. The number of likely N-dealkylation sites (tertiary alicyclic amines) is 1. The van der Waals surface area contributed by atoms with Gasteiger partial charge in [-0.1, -0.05) is 0 Å². The third-order valence-corrected chi connectivity index (χ3v) is 4.24. The summed E-state index contributed by atoms with van der Waals surface area (Å²) in [5, 5.41) is 12.5. The first-order chi connectivity index (χ1) is 11.8. The zero-order valence-electron chi connectivity index (χ0n) is 14.6. The van der Waals surface area contributed by atoms with E-state index in [1.54, 1.807) is 4.90 Å². The number of carbonyl (C=O) groups excluding carboxylic acids is 1. The second-order valence-electron chi connectivity index (χ2n) is 7.20. The summed E-state index contributed by atoms with van der Waals surface area (Å²) in [4.78, 5) is 29.9. The average Bonchev–Trinajstić information content (AvgIpc) is 2.93. The Hall–Kier alpha value is -2.82. The molecular weight excluding hydrogens is 322 g/mol. The fraction of sp³-hybridized carbons (Fsp3) is 0.529. The topological polar surface area (TPSA) is 103 Å². The molecule has 0 radical (unpaired) electrons. The molecule has 0 spiro atoms. The Labute approximate surface area is 145 Å². The van der Waals surface area contributed by atoms with Crippen molar-refractivity contribution in [3.8, 4) is 6.07 Å². The lowest BCUT2D eigenvalue weighted by atomic mass is 9.91. The van der Waals surface area contributed by atoms with Crippen LogP contribution in [0, 0.1) is 11.3 Å². The number of nitrogens with one attached hydrogen (secondary N) is 1. The SMILES string of the molecule is CC(C)(C)OC(=O)N1CCC(c2[nH]n3c(=O)ccnc3c2C#N)CC1. The van der Waals surface area contributed by atoms with Gasteiger partial charge in [-0.2, -0.15) is 5.26 Å². The molecule has 25 heavy (non-hydrogen) atoms. The van der Waals surface area contributed by atoms with Gasteiger partial charge in [0.1, 0.15) is 17.2 Å². The largest absolute Gasteiger partial charge is 0.444 e. The summed E-state index contributed by atoms with van der Waals surface area (Å²) in [6.45, 7) is 6.61. The molecule has 3 heterocycles. The van der Waals surface area contributed by atoms with Crippen molar-refractivity contribution in [3.63, 3.8) is 0 Å². The fourth-order valence-electron chi connectivity index (χ4n) is 3.07. The lowest BCUT2D eigenvalue weighted by molar-refractivity contribution is 0.0204. The zero-order valence-corrected chi connectivity index (χ0v) is 14.6. The molecule has 132 valence electrons. The van der Waals surface area contributed by atoms with E-state index >= 15 is 0 Å². The average molecular weight is 343 g/mol. The van der Waals surface area contributed by atoms with Gasteiger partial charge in [-0.25, -0.2) is 14.3 Å². The van der Waals surface area contributed by atoms with Crippen LogP contribution in [0.5, 0.6) is 0 Å². The monoisotopic (exact) mass is 343 g/mol. The number of nitriles is 1. The van der Waals surface area contributed by atoms with Gasteiger partial charge in [-0.15, -0.1) is 0 Å². The minimum Gasteiger partial charge on any atom is -0.444 e. The molecule has 8 nitrogen and oxygen atoms in total. The van der Waals surface area contributed by atoms with Gasteiger partial charge in [0.25, 0.3) is 5.56 Å². The molecule has 8 heteroatoms. The lowest BCUT2D eigenvalue weighted by Crippen LogP contribution is -2.41. The number of hydrogen-bond donors (Lipinski definition) is 1. The summed E-state index contributed by atoms with van der Waals surface area (Å²) < 4.78 is 6.70. The number of aromatic nitrogens is 3. The van der Waals surface area contributed by atoms with Gasteiger partial charge in [0.05, 0.1) is 5.69 Å². The van der Waals surface area contributed by atoms with Gasteiger partial charge < -0.3 is 9.64 Å². The van der Waals surface area contributed by atoms with Gasteiger partial charge in [0.2, 0.25) is 0 Å². The first kappa shape index (κ1) is 17.0. The molecule has 3 rings (SSSR count). The third-order valence-electron chi connectivity index (χ3n) is 4.24. The van der Waals surface area contributed by atoms with Crippen LogP contribution in [-0.2, 0) is 4.74 Å². The molecule has 1 amide bonds.